The summed E-state index contributed by atoms with van der Waals surface area (Å²) >= 11 is 0. The molecule has 1 N–H and O–H groups in total. The van der Waals surface area contributed by atoms with Crippen LogP contribution in [0, 0.1) is 6.92 Å². The number of aryl methyl sites for hydroxylation is 1. The molecule has 0 aliphatic carbocycles. The van der Waals surface area contributed by atoms with Crippen LogP contribution in [0.3, 0.4) is 0 Å². The predicted octanol–water partition coefficient (Wildman–Crippen LogP) is 2.60. The Balaban J connectivity index is 2.27. The van der Waals surface area contributed by atoms with Crippen molar-refractivity contribution in [2.24, 2.45) is 0 Å². The molecule has 0 saturated heterocycles. The summed E-state index contributed by atoms with van der Waals surface area (Å²) in [5.74, 6) is -0.279. The Hall–Kier alpha value is -2.64. The van der Waals surface area contributed by atoms with Crippen molar-refractivity contribution in [3.05, 3.63) is 41.7 Å². The lowest BCUT2D eigenvalue weighted by molar-refractivity contribution is -0.274. The minimum Gasteiger partial charge on any atom is -0.406 e. The van der Waals surface area contributed by atoms with Crippen molar-refractivity contribution in [3.63, 3.8) is 0 Å². The summed E-state index contributed by atoms with van der Waals surface area (Å²) < 4.78 is 40.4. The number of aromatic nitrogens is 2. The standard InChI is InChI=1S/C14H12F3N3O2/c1-9-4-12(22-14(15,16)17)2-3-13(9)10-5-11(7-18-8-21)20-19-6-10/h2-6,8H,7H2,1H3,(H,18,21). The van der Waals surface area contributed by atoms with E-state index in [0.29, 0.717) is 28.8 Å². The first-order valence-electron chi connectivity index (χ1n) is 6.24. The Morgan fingerprint density at radius 1 is 1.32 bits per heavy atom. The zero-order valence-corrected chi connectivity index (χ0v) is 11.5. The van der Waals surface area contributed by atoms with E-state index in [9.17, 15) is 18.0 Å². The molecule has 0 saturated carbocycles. The highest BCUT2D eigenvalue weighted by Crippen LogP contribution is 2.29. The number of carbonyl (C=O) groups excluding carboxylic acids is 1. The highest BCUT2D eigenvalue weighted by molar-refractivity contribution is 5.67. The number of amides is 1. The number of rotatable bonds is 5. The van der Waals surface area contributed by atoms with Gasteiger partial charge in [-0.3, -0.25) is 4.79 Å². The first-order valence-corrected chi connectivity index (χ1v) is 6.24. The molecule has 2 aromatic rings. The first kappa shape index (κ1) is 15.7. The van der Waals surface area contributed by atoms with Crippen molar-refractivity contribution in [2.75, 3.05) is 0 Å². The molecule has 1 heterocycles. The van der Waals surface area contributed by atoms with Gasteiger partial charge >= 0.3 is 6.36 Å². The van der Waals surface area contributed by atoms with Crippen molar-refractivity contribution < 1.29 is 22.7 Å². The van der Waals surface area contributed by atoms with Crippen LogP contribution in [0.2, 0.25) is 0 Å². The minimum absolute atomic E-state index is 0.221. The quantitative estimate of drug-likeness (QED) is 0.862. The molecule has 116 valence electrons. The third-order valence-electron chi connectivity index (χ3n) is 2.81. The van der Waals surface area contributed by atoms with Crippen molar-refractivity contribution in [1.29, 1.82) is 0 Å². The normalized spacial score (nSPS) is 11.1. The van der Waals surface area contributed by atoms with Crippen molar-refractivity contribution in [2.45, 2.75) is 19.8 Å². The third kappa shape index (κ3) is 4.18. The zero-order valence-electron chi connectivity index (χ0n) is 11.5. The van der Waals surface area contributed by atoms with E-state index in [4.69, 9.17) is 0 Å². The molecule has 0 aliphatic rings. The van der Waals surface area contributed by atoms with E-state index >= 15 is 0 Å². The zero-order chi connectivity index (χ0) is 16.2. The maximum Gasteiger partial charge on any atom is 0.573 e. The fourth-order valence-corrected chi connectivity index (χ4v) is 1.95. The van der Waals surface area contributed by atoms with Gasteiger partial charge in [-0.1, -0.05) is 6.07 Å². The van der Waals surface area contributed by atoms with Crippen LogP contribution in [0.1, 0.15) is 11.3 Å². The van der Waals surface area contributed by atoms with Gasteiger partial charge in [0.2, 0.25) is 6.41 Å². The van der Waals surface area contributed by atoms with E-state index in [1.54, 1.807) is 13.0 Å². The van der Waals surface area contributed by atoms with E-state index in [1.165, 1.54) is 24.4 Å². The maximum absolute atomic E-state index is 12.2. The summed E-state index contributed by atoms with van der Waals surface area (Å²) in [4.78, 5) is 10.3. The monoisotopic (exact) mass is 311 g/mol. The Labute approximate surface area is 124 Å². The van der Waals surface area contributed by atoms with Crippen LogP contribution in [-0.4, -0.2) is 23.0 Å². The molecule has 0 unspecified atom stereocenters. The summed E-state index contributed by atoms with van der Waals surface area (Å²) in [7, 11) is 0. The topological polar surface area (TPSA) is 64.1 Å². The van der Waals surface area contributed by atoms with Crippen LogP contribution >= 0.6 is 0 Å². The molecule has 0 spiro atoms. The minimum atomic E-state index is -4.72. The Morgan fingerprint density at radius 2 is 2.09 bits per heavy atom. The summed E-state index contributed by atoms with van der Waals surface area (Å²) in [5, 5.41) is 10.1. The van der Waals surface area contributed by atoms with Crippen LogP contribution < -0.4 is 10.1 Å². The van der Waals surface area contributed by atoms with Crippen LogP contribution in [0.4, 0.5) is 13.2 Å². The molecule has 22 heavy (non-hydrogen) atoms. The number of carbonyl (C=O) groups is 1. The van der Waals surface area contributed by atoms with Crippen LogP contribution in [-0.2, 0) is 11.3 Å². The largest absolute Gasteiger partial charge is 0.573 e. The van der Waals surface area contributed by atoms with Gasteiger partial charge in [0.05, 0.1) is 18.4 Å². The van der Waals surface area contributed by atoms with Gasteiger partial charge in [0.25, 0.3) is 0 Å². The van der Waals surface area contributed by atoms with Crippen LogP contribution in [0.25, 0.3) is 11.1 Å². The molecule has 1 aromatic heterocycles. The first-order chi connectivity index (χ1) is 10.4. The number of alkyl halides is 3. The average molecular weight is 311 g/mol. The Bertz CT molecular complexity index is 675. The third-order valence-corrected chi connectivity index (χ3v) is 2.81. The van der Waals surface area contributed by atoms with Crippen molar-refractivity contribution in [3.8, 4) is 16.9 Å². The van der Waals surface area contributed by atoms with Gasteiger partial charge in [-0.05, 0) is 36.2 Å². The molecule has 0 fully saturated rings. The van der Waals surface area contributed by atoms with Gasteiger partial charge in [0.15, 0.2) is 0 Å². The molecule has 5 nitrogen and oxygen atoms in total. The van der Waals surface area contributed by atoms with Crippen LogP contribution in [0.5, 0.6) is 5.75 Å². The molecule has 0 bridgehead atoms. The number of halogens is 3. The molecular weight excluding hydrogens is 299 g/mol. The predicted molar refractivity (Wildman–Crippen MR) is 71.8 cm³/mol. The number of hydrogen-bond donors (Lipinski definition) is 1. The van der Waals surface area contributed by atoms with E-state index in [0.717, 1.165) is 0 Å². The van der Waals surface area contributed by atoms with Gasteiger partial charge in [-0.15, -0.1) is 13.2 Å². The lowest BCUT2D eigenvalue weighted by Gasteiger charge is -2.12. The smallest absolute Gasteiger partial charge is 0.406 e. The number of ether oxygens (including phenoxy) is 1. The lowest BCUT2D eigenvalue weighted by atomic mass is 10.0. The highest BCUT2D eigenvalue weighted by atomic mass is 19.4. The summed E-state index contributed by atoms with van der Waals surface area (Å²) in [5.41, 5.74) is 2.54. The summed E-state index contributed by atoms with van der Waals surface area (Å²) in [6, 6.07) is 5.76. The molecule has 0 radical (unpaired) electrons. The number of benzene rings is 1. The lowest BCUT2D eigenvalue weighted by Crippen LogP contribution is -2.17. The average Bonchev–Trinajstić information content (AvgIpc) is 2.44. The van der Waals surface area contributed by atoms with Gasteiger partial charge < -0.3 is 10.1 Å². The van der Waals surface area contributed by atoms with Gasteiger partial charge in [0.1, 0.15) is 5.75 Å². The van der Waals surface area contributed by atoms with E-state index in [2.05, 4.69) is 20.3 Å². The number of nitrogens with one attached hydrogen (secondary N) is 1. The fourth-order valence-electron chi connectivity index (χ4n) is 1.95. The SMILES string of the molecule is Cc1cc(OC(F)(F)F)ccc1-c1cnnc(CNC=O)c1. The van der Waals surface area contributed by atoms with Gasteiger partial charge in [0, 0.05) is 5.56 Å². The fraction of sp³-hybridized carbons (Fsp3) is 0.214. The van der Waals surface area contributed by atoms with Crippen molar-refractivity contribution in [1.82, 2.24) is 15.5 Å². The molecule has 2 rings (SSSR count). The van der Waals surface area contributed by atoms with E-state index in [1.807, 2.05) is 0 Å². The Morgan fingerprint density at radius 3 is 2.73 bits per heavy atom. The molecule has 8 heteroatoms. The highest BCUT2D eigenvalue weighted by Gasteiger charge is 2.31. The molecule has 1 aromatic carbocycles. The van der Waals surface area contributed by atoms with Crippen LogP contribution in [0.15, 0.2) is 30.5 Å². The number of hydrogen-bond acceptors (Lipinski definition) is 4. The molecule has 1 amide bonds. The maximum atomic E-state index is 12.2. The van der Waals surface area contributed by atoms with E-state index in [-0.39, 0.29) is 12.3 Å². The summed E-state index contributed by atoms with van der Waals surface area (Å²) in [6.45, 7) is 1.89. The van der Waals surface area contributed by atoms with Crippen molar-refractivity contribution >= 4 is 6.41 Å². The van der Waals surface area contributed by atoms with Gasteiger partial charge in [-0.2, -0.15) is 10.2 Å². The second-order valence-electron chi connectivity index (χ2n) is 4.46. The second-order valence-corrected chi connectivity index (χ2v) is 4.46. The van der Waals surface area contributed by atoms with E-state index < -0.39 is 6.36 Å². The number of nitrogens with zero attached hydrogens (tertiary/aromatic N) is 2. The van der Waals surface area contributed by atoms with Gasteiger partial charge in [-0.25, -0.2) is 0 Å². The second kappa shape index (κ2) is 6.42. The molecule has 0 atom stereocenters. The Kier molecular flexibility index (Phi) is 4.59. The molecular formula is C14H12F3N3O2. The summed E-state index contributed by atoms with van der Waals surface area (Å²) in [6.07, 6.45) is -2.68. The molecule has 0 aliphatic heterocycles.